The summed E-state index contributed by atoms with van der Waals surface area (Å²) in [6.07, 6.45) is 0.401. The number of halogens is 3. The van der Waals surface area contributed by atoms with Crippen molar-refractivity contribution < 1.29 is 18.0 Å². The van der Waals surface area contributed by atoms with Crippen LogP contribution in [0.15, 0.2) is 12.4 Å². The van der Waals surface area contributed by atoms with Gasteiger partial charge in [0.25, 0.3) is 0 Å². The fourth-order valence-electron chi connectivity index (χ4n) is 1.81. The Bertz CT molecular complexity index is 429. The molecule has 0 aliphatic carbocycles. The second kappa shape index (κ2) is 7.31. The van der Waals surface area contributed by atoms with Crippen LogP contribution >= 0.6 is 0 Å². The number of alkyl halides is 3. The molecule has 0 atom stereocenters. The molecule has 0 saturated heterocycles. The maximum absolute atomic E-state index is 12.4. The van der Waals surface area contributed by atoms with Gasteiger partial charge in [0, 0.05) is 25.7 Å². The molecule has 20 heavy (non-hydrogen) atoms. The molecule has 7 heteroatoms. The normalized spacial score (nSPS) is 11.7. The first-order valence-corrected chi connectivity index (χ1v) is 6.65. The van der Waals surface area contributed by atoms with E-state index in [4.69, 9.17) is 0 Å². The Morgan fingerprint density at radius 1 is 1.45 bits per heavy atom. The molecule has 1 rings (SSSR count). The first-order valence-electron chi connectivity index (χ1n) is 6.65. The molecule has 114 valence electrons. The minimum Gasteiger partial charge on any atom is -0.334 e. The first-order chi connectivity index (χ1) is 9.31. The summed E-state index contributed by atoms with van der Waals surface area (Å²) < 4.78 is 38.9. The summed E-state index contributed by atoms with van der Waals surface area (Å²) in [5.74, 6) is -0.482. The van der Waals surface area contributed by atoms with Gasteiger partial charge in [-0.3, -0.25) is 9.48 Å². The highest BCUT2D eigenvalue weighted by molar-refractivity contribution is 5.76. The van der Waals surface area contributed by atoms with Gasteiger partial charge in [0.15, 0.2) is 0 Å². The molecule has 0 N–H and O–H groups in total. The van der Waals surface area contributed by atoms with Crippen molar-refractivity contribution in [2.75, 3.05) is 13.1 Å². The molecule has 1 heterocycles. The van der Waals surface area contributed by atoms with Crippen molar-refractivity contribution >= 4 is 5.91 Å². The maximum atomic E-state index is 12.4. The SMILES string of the molecule is CCCCN(CC(F)(F)F)C(=O)CCn1cc(C)cn1. The molecular formula is C13H20F3N3O. The predicted molar refractivity (Wildman–Crippen MR) is 69.1 cm³/mol. The monoisotopic (exact) mass is 291 g/mol. The zero-order valence-corrected chi connectivity index (χ0v) is 11.8. The van der Waals surface area contributed by atoms with E-state index in [1.54, 1.807) is 17.1 Å². The molecule has 0 bridgehead atoms. The molecule has 4 nitrogen and oxygen atoms in total. The van der Waals surface area contributed by atoms with E-state index in [1.807, 2.05) is 13.8 Å². The molecule has 0 fully saturated rings. The average molecular weight is 291 g/mol. The molecule has 0 aliphatic rings. The van der Waals surface area contributed by atoms with Crippen LogP contribution in [0.2, 0.25) is 0 Å². The lowest BCUT2D eigenvalue weighted by Gasteiger charge is -2.23. The number of aryl methyl sites for hydroxylation is 2. The summed E-state index contributed by atoms with van der Waals surface area (Å²) >= 11 is 0. The summed E-state index contributed by atoms with van der Waals surface area (Å²) in [4.78, 5) is 12.8. The molecule has 0 spiro atoms. The van der Waals surface area contributed by atoms with Gasteiger partial charge in [0.05, 0.1) is 6.20 Å². The van der Waals surface area contributed by atoms with Gasteiger partial charge in [-0.2, -0.15) is 18.3 Å². The highest BCUT2D eigenvalue weighted by atomic mass is 19.4. The summed E-state index contributed by atoms with van der Waals surface area (Å²) in [5, 5.41) is 4.01. The van der Waals surface area contributed by atoms with Gasteiger partial charge >= 0.3 is 6.18 Å². The number of carbonyl (C=O) groups excluding carboxylic acids is 1. The van der Waals surface area contributed by atoms with Crippen LogP contribution in [0.5, 0.6) is 0 Å². The number of aromatic nitrogens is 2. The number of hydrogen-bond acceptors (Lipinski definition) is 2. The second-order valence-electron chi connectivity index (χ2n) is 4.81. The molecule has 0 unspecified atom stereocenters. The summed E-state index contributed by atoms with van der Waals surface area (Å²) in [7, 11) is 0. The maximum Gasteiger partial charge on any atom is 0.406 e. The van der Waals surface area contributed by atoms with Crippen molar-refractivity contribution in [1.82, 2.24) is 14.7 Å². The van der Waals surface area contributed by atoms with Crippen molar-refractivity contribution in [2.45, 2.75) is 45.8 Å². The quantitative estimate of drug-likeness (QED) is 0.774. The summed E-state index contributed by atoms with van der Waals surface area (Å²) in [6, 6.07) is 0. The minimum absolute atomic E-state index is 0.0287. The van der Waals surface area contributed by atoms with Gasteiger partial charge in [-0.25, -0.2) is 0 Å². The lowest BCUT2D eigenvalue weighted by Crippen LogP contribution is -2.39. The Labute approximate surface area is 116 Å². The van der Waals surface area contributed by atoms with Crippen LogP contribution in [-0.4, -0.2) is 39.9 Å². The molecule has 1 amide bonds. The van der Waals surface area contributed by atoms with E-state index in [9.17, 15) is 18.0 Å². The van der Waals surface area contributed by atoms with E-state index in [1.165, 1.54) is 0 Å². The van der Waals surface area contributed by atoms with Crippen molar-refractivity contribution in [3.05, 3.63) is 18.0 Å². The molecule has 0 aliphatic heterocycles. The third-order valence-corrected chi connectivity index (χ3v) is 2.82. The molecular weight excluding hydrogens is 271 g/mol. The largest absolute Gasteiger partial charge is 0.406 e. The van der Waals surface area contributed by atoms with Crippen LogP contribution in [0.3, 0.4) is 0 Å². The van der Waals surface area contributed by atoms with Crippen molar-refractivity contribution in [1.29, 1.82) is 0 Å². The first kappa shape index (κ1) is 16.5. The van der Waals surface area contributed by atoms with E-state index < -0.39 is 18.6 Å². The van der Waals surface area contributed by atoms with E-state index >= 15 is 0 Å². The summed E-state index contributed by atoms with van der Waals surface area (Å²) in [6.45, 7) is 3.01. The van der Waals surface area contributed by atoms with Gasteiger partial charge in [-0.05, 0) is 18.9 Å². The van der Waals surface area contributed by atoms with Crippen LogP contribution in [0.1, 0.15) is 31.7 Å². The third kappa shape index (κ3) is 6.08. The number of nitrogens with zero attached hydrogens (tertiary/aromatic N) is 3. The Morgan fingerprint density at radius 3 is 2.65 bits per heavy atom. The number of unbranched alkanes of at least 4 members (excludes halogenated alkanes) is 1. The van der Waals surface area contributed by atoms with Gasteiger partial charge in [0.1, 0.15) is 6.54 Å². The van der Waals surface area contributed by atoms with Gasteiger partial charge in [-0.1, -0.05) is 13.3 Å². The highest BCUT2D eigenvalue weighted by Gasteiger charge is 2.32. The van der Waals surface area contributed by atoms with Crippen molar-refractivity contribution in [2.24, 2.45) is 0 Å². The van der Waals surface area contributed by atoms with Gasteiger partial charge in [0.2, 0.25) is 5.91 Å². The second-order valence-corrected chi connectivity index (χ2v) is 4.81. The number of rotatable bonds is 7. The van der Waals surface area contributed by atoms with E-state index in [2.05, 4.69) is 5.10 Å². The van der Waals surface area contributed by atoms with Crippen LogP contribution < -0.4 is 0 Å². The molecule has 0 saturated carbocycles. The van der Waals surface area contributed by atoms with Crippen LogP contribution in [0.25, 0.3) is 0 Å². The van der Waals surface area contributed by atoms with Gasteiger partial charge < -0.3 is 4.90 Å². The molecule has 1 aromatic rings. The predicted octanol–water partition coefficient (Wildman–Crippen LogP) is 2.77. The Balaban J connectivity index is 2.53. The lowest BCUT2D eigenvalue weighted by molar-refractivity contribution is -0.161. The van der Waals surface area contributed by atoms with Crippen LogP contribution in [0, 0.1) is 6.92 Å². The van der Waals surface area contributed by atoms with Crippen molar-refractivity contribution in [3.8, 4) is 0 Å². The van der Waals surface area contributed by atoms with Crippen LogP contribution in [0.4, 0.5) is 13.2 Å². The standard InChI is InChI=1S/C13H20F3N3O/c1-3-4-6-18(10-13(14,15)16)12(20)5-7-19-9-11(2)8-17-19/h8-9H,3-7,10H2,1-2H3. The lowest BCUT2D eigenvalue weighted by atomic mass is 10.2. The number of hydrogen-bond donors (Lipinski definition) is 0. The molecule has 0 radical (unpaired) electrons. The Hall–Kier alpha value is -1.53. The zero-order valence-electron chi connectivity index (χ0n) is 11.8. The third-order valence-electron chi connectivity index (χ3n) is 2.82. The highest BCUT2D eigenvalue weighted by Crippen LogP contribution is 2.17. The zero-order chi connectivity index (χ0) is 15.2. The van der Waals surface area contributed by atoms with E-state index in [0.717, 1.165) is 16.9 Å². The molecule has 0 aromatic carbocycles. The average Bonchev–Trinajstić information content (AvgIpc) is 2.76. The topological polar surface area (TPSA) is 38.1 Å². The van der Waals surface area contributed by atoms with Crippen LogP contribution in [-0.2, 0) is 11.3 Å². The number of amides is 1. The Kier molecular flexibility index (Phi) is 6.04. The van der Waals surface area contributed by atoms with E-state index in [-0.39, 0.29) is 13.0 Å². The van der Waals surface area contributed by atoms with E-state index in [0.29, 0.717) is 13.0 Å². The molecule has 1 aromatic heterocycles. The fraction of sp³-hybridized carbons (Fsp3) is 0.692. The minimum atomic E-state index is -4.36. The van der Waals surface area contributed by atoms with Crippen molar-refractivity contribution in [3.63, 3.8) is 0 Å². The smallest absolute Gasteiger partial charge is 0.334 e. The van der Waals surface area contributed by atoms with Gasteiger partial charge in [-0.15, -0.1) is 0 Å². The fourth-order valence-corrected chi connectivity index (χ4v) is 1.81. The summed E-state index contributed by atoms with van der Waals surface area (Å²) in [5.41, 5.74) is 0.954. The number of carbonyl (C=O) groups is 1. The Morgan fingerprint density at radius 2 is 2.15 bits per heavy atom.